The van der Waals surface area contributed by atoms with Crippen molar-refractivity contribution in [2.75, 3.05) is 7.11 Å². The molecule has 0 aliphatic carbocycles. The Morgan fingerprint density at radius 3 is 2.21 bits per heavy atom. The maximum Gasteiger partial charge on any atom is 0.437 e. The quantitative estimate of drug-likeness (QED) is 0.679. The number of urea groups is 1. The van der Waals surface area contributed by atoms with Crippen molar-refractivity contribution in [1.29, 1.82) is 0 Å². The summed E-state index contributed by atoms with van der Waals surface area (Å²) in [6.45, 7) is 1.77. The average Bonchev–Trinajstić information content (AvgIpc) is 2.67. The van der Waals surface area contributed by atoms with Crippen molar-refractivity contribution < 1.29 is 32.6 Å². The van der Waals surface area contributed by atoms with Crippen LogP contribution in [0.1, 0.15) is 27.5 Å². The van der Waals surface area contributed by atoms with Crippen LogP contribution in [0.2, 0.25) is 0 Å². The lowest BCUT2D eigenvalue weighted by Gasteiger charge is -2.45. The van der Waals surface area contributed by atoms with E-state index in [9.17, 15) is 27.9 Å². The van der Waals surface area contributed by atoms with E-state index in [0.29, 0.717) is 5.75 Å². The molecule has 154 valence electrons. The molecule has 0 bridgehead atoms. The molecule has 3 rings (SSSR count). The molecule has 29 heavy (non-hydrogen) atoms. The highest BCUT2D eigenvalue weighted by Gasteiger charge is 2.66. The number of aliphatic hydroxyl groups is 1. The standard InChI is InChI=1S/C20H19F3N2O4/c1-11-3-5-13(6-4-11)17(26)15-16(12-7-9-14(29-2)10-8-12)24-18(27)25-19(15,28)20(21,22)23/h3-10,15-16,28H,1-2H3,(H2,24,25,27)/t15-,16-,19+/m0/s1. The number of aryl methyl sites for hydroxylation is 1. The van der Waals surface area contributed by atoms with Gasteiger partial charge in [0.2, 0.25) is 5.72 Å². The van der Waals surface area contributed by atoms with Gasteiger partial charge in [-0.25, -0.2) is 4.79 Å². The molecular formula is C20H19F3N2O4. The zero-order chi connectivity index (χ0) is 21.4. The Hall–Kier alpha value is -3.07. The highest BCUT2D eigenvalue weighted by molar-refractivity contribution is 6.00. The highest BCUT2D eigenvalue weighted by atomic mass is 19.4. The van der Waals surface area contributed by atoms with E-state index in [0.717, 1.165) is 5.56 Å². The summed E-state index contributed by atoms with van der Waals surface area (Å²) in [5.41, 5.74) is -2.73. The summed E-state index contributed by atoms with van der Waals surface area (Å²) in [5, 5.41) is 14.4. The molecule has 2 amide bonds. The highest BCUT2D eigenvalue weighted by Crippen LogP contribution is 2.44. The van der Waals surface area contributed by atoms with Gasteiger partial charge in [0.1, 0.15) is 11.7 Å². The Morgan fingerprint density at radius 1 is 1.10 bits per heavy atom. The molecule has 1 heterocycles. The van der Waals surface area contributed by atoms with Crippen LogP contribution in [0.5, 0.6) is 5.75 Å². The van der Waals surface area contributed by atoms with E-state index in [2.05, 4.69) is 5.32 Å². The zero-order valence-electron chi connectivity index (χ0n) is 15.6. The van der Waals surface area contributed by atoms with Gasteiger partial charge in [0.05, 0.1) is 13.2 Å². The van der Waals surface area contributed by atoms with Crippen LogP contribution in [0.3, 0.4) is 0 Å². The van der Waals surface area contributed by atoms with Crippen LogP contribution in [0.15, 0.2) is 48.5 Å². The molecule has 2 aromatic carbocycles. The van der Waals surface area contributed by atoms with Crippen LogP contribution in [0, 0.1) is 12.8 Å². The SMILES string of the molecule is COc1ccc([C@@H]2NC(=O)N[C@](O)(C(F)(F)F)[C@@H]2C(=O)c2ccc(C)cc2)cc1. The van der Waals surface area contributed by atoms with Crippen LogP contribution < -0.4 is 15.4 Å². The number of Topliss-reactive ketones (excluding diaryl/α,β-unsaturated/α-hetero) is 1. The molecule has 1 aliphatic heterocycles. The number of nitrogens with one attached hydrogen (secondary N) is 2. The molecule has 3 N–H and O–H groups in total. The van der Waals surface area contributed by atoms with Gasteiger partial charge in [0, 0.05) is 5.56 Å². The number of rotatable bonds is 4. The van der Waals surface area contributed by atoms with E-state index in [-0.39, 0.29) is 11.1 Å². The maximum atomic E-state index is 13.8. The van der Waals surface area contributed by atoms with Crippen molar-refractivity contribution in [2.45, 2.75) is 24.9 Å². The van der Waals surface area contributed by atoms with Gasteiger partial charge in [-0.05, 0) is 24.6 Å². The van der Waals surface area contributed by atoms with Gasteiger partial charge in [-0.15, -0.1) is 0 Å². The van der Waals surface area contributed by atoms with Crippen molar-refractivity contribution in [3.8, 4) is 5.75 Å². The molecule has 0 radical (unpaired) electrons. The first-order chi connectivity index (χ1) is 13.6. The van der Waals surface area contributed by atoms with Gasteiger partial charge in [-0.1, -0.05) is 42.0 Å². The van der Waals surface area contributed by atoms with Crippen LogP contribution in [0.4, 0.5) is 18.0 Å². The first kappa shape index (κ1) is 20.7. The van der Waals surface area contributed by atoms with E-state index in [1.807, 2.05) is 0 Å². The Labute approximate surface area is 164 Å². The lowest BCUT2D eigenvalue weighted by Crippen LogP contribution is -2.72. The first-order valence-corrected chi connectivity index (χ1v) is 8.69. The molecule has 9 heteroatoms. The molecule has 3 atom stereocenters. The van der Waals surface area contributed by atoms with E-state index < -0.39 is 35.7 Å². The zero-order valence-corrected chi connectivity index (χ0v) is 15.6. The Morgan fingerprint density at radius 2 is 1.69 bits per heavy atom. The molecule has 1 fully saturated rings. The lowest BCUT2D eigenvalue weighted by atomic mass is 9.77. The molecular weight excluding hydrogens is 389 g/mol. The minimum atomic E-state index is -5.29. The summed E-state index contributed by atoms with van der Waals surface area (Å²) in [6, 6.07) is 9.12. The second-order valence-electron chi connectivity index (χ2n) is 6.82. The fraction of sp³-hybridized carbons (Fsp3) is 0.300. The van der Waals surface area contributed by atoms with Gasteiger partial charge in [-0.3, -0.25) is 4.79 Å². The fourth-order valence-electron chi connectivity index (χ4n) is 3.33. The minimum absolute atomic E-state index is 0.0141. The van der Waals surface area contributed by atoms with E-state index >= 15 is 0 Å². The molecule has 1 saturated heterocycles. The Balaban J connectivity index is 2.13. The third-order valence-electron chi connectivity index (χ3n) is 4.90. The summed E-state index contributed by atoms with van der Waals surface area (Å²) in [7, 11) is 1.42. The Kier molecular flexibility index (Phi) is 5.27. The number of carbonyl (C=O) groups excluding carboxylic acids is 2. The molecule has 6 nitrogen and oxygen atoms in total. The number of ketones is 1. The van der Waals surface area contributed by atoms with Crippen LogP contribution in [-0.4, -0.2) is 35.9 Å². The summed E-state index contributed by atoms with van der Waals surface area (Å²) < 4.78 is 46.5. The predicted octanol–water partition coefficient (Wildman–Crippen LogP) is 3.11. The predicted molar refractivity (Wildman–Crippen MR) is 97.4 cm³/mol. The topological polar surface area (TPSA) is 87.7 Å². The smallest absolute Gasteiger partial charge is 0.437 e. The van der Waals surface area contributed by atoms with Crippen LogP contribution >= 0.6 is 0 Å². The number of halogens is 3. The number of alkyl halides is 3. The maximum absolute atomic E-state index is 13.8. The number of hydrogen-bond donors (Lipinski definition) is 3. The average molecular weight is 408 g/mol. The van der Waals surface area contributed by atoms with Gasteiger partial charge in [0.25, 0.3) is 0 Å². The van der Waals surface area contributed by atoms with Crippen molar-refractivity contribution in [2.24, 2.45) is 5.92 Å². The van der Waals surface area contributed by atoms with E-state index in [1.54, 1.807) is 19.1 Å². The van der Waals surface area contributed by atoms with E-state index in [4.69, 9.17) is 4.74 Å². The van der Waals surface area contributed by atoms with Gasteiger partial charge >= 0.3 is 12.2 Å². The number of hydrogen-bond acceptors (Lipinski definition) is 4. The van der Waals surface area contributed by atoms with Gasteiger partial charge < -0.3 is 20.5 Å². The normalized spacial score (nSPS) is 24.4. The third-order valence-corrected chi connectivity index (χ3v) is 4.90. The summed E-state index contributed by atoms with van der Waals surface area (Å²) in [5.74, 6) is -2.57. The number of carbonyl (C=O) groups is 2. The van der Waals surface area contributed by atoms with Crippen LogP contribution in [0.25, 0.3) is 0 Å². The number of benzene rings is 2. The molecule has 0 aromatic heterocycles. The van der Waals surface area contributed by atoms with Gasteiger partial charge in [0.15, 0.2) is 5.78 Å². The van der Waals surface area contributed by atoms with Crippen molar-refractivity contribution in [3.05, 3.63) is 65.2 Å². The summed E-state index contributed by atoms with van der Waals surface area (Å²) >= 11 is 0. The van der Waals surface area contributed by atoms with Crippen molar-refractivity contribution >= 4 is 11.8 Å². The minimum Gasteiger partial charge on any atom is -0.497 e. The number of methoxy groups -OCH3 is 1. The van der Waals surface area contributed by atoms with Gasteiger partial charge in [-0.2, -0.15) is 13.2 Å². The fourth-order valence-corrected chi connectivity index (χ4v) is 3.33. The second-order valence-corrected chi connectivity index (χ2v) is 6.82. The molecule has 1 aliphatic rings. The van der Waals surface area contributed by atoms with Crippen molar-refractivity contribution in [3.63, 3.8) is 0 Å². The largest absolute Gasteiger partial charge is 0.497 e. The molecule has 0 unspecified atom stereocenters. The number of ether oxygens (including phenoxy) is 1. The lowest BCUT2D eigenvalue weighted by molar-refractivity contribution is -0.287. The summed E-state index contributed by atoms with van der Waals surface area (Å²) in [6.07, 6.45) is -5.29. The van der Waals surface area contributed by atoms with Crippen molar-refractivity contribution in [1.82, 2.24) is 10.6 Å². The molecule has 0 saturated carbocycles. The van der Waals surface area contributed by atoms with E-state index in [1.165, 1.54) is 48.8 Å². The van der Waals surface area contributed by atoms with Crippen LogP contribution in [-0.2, 0) is 0 Å². The summed E-state index contributed by atoms with van der Waals surface area (Å²) in [4.78, 5) is 25.1. The molecule has 2 aromatic rings. The Bertz CT molecular complexity index is 913. The first-order valence-electron chi connectivity index (χ1n) is 8.69. The number of amides is 2. The molecule has 0 spiro atoms. The monoisotopic (exact) mass is 408 g/mol. The second kappa shape index (κ2) is 7.40. The third kappa shape index (κ3) is 3.77.